The Bertz CT molecular complexity index is 299. The van der Waals surface area contributed by atoms with Gasteiger partial charge in [0.15, 0.2) is 5.78 Å². The minimum atomic E-state index is 0.211. The maximum Gasteiger partial charge on any atom is 0.164 e. The van der Waals surface area contributed by atoms with Crippen LogP contribution in [-0.4, -0.2) is 12.3 Å². The van der Waals surface area contributed by atoms with Crippen molar-refractivity contribution in [1.29, 1.82) is 0 Å². The van der Waals surface area contributed by atoms with E-state index in [1.807, 2.05) is 6.92 Å². The molecule has 0 fully saturated rings. The zero-order valence-corrected chi connectivity index (χ0v) is 9.26. The van der Waals surface area contributed by atoms with Gasteiger partial charge < -0.3 is 5.73 Å². The highest BCUT2D eigenvalue weighted by Crippen LogP contribution is 2.27. The number of hydrogen-bond acceptors (Lipinski definition) is 2. The summed E-state index contributed by atoms with van der Waals surface area (Å²) in [5.41, 5.74) is 8.76. The summed E-state index contributed by atoms with van der Waals surface area (Å²) in [4.78, 5) is 11.7. The second-order valence-corrected chi connectivity index (χ2v) is 4.04. The number of carbonyl (C=O) groups excluding carboxylic acids is 1. The van der Waals surface area contributed by atoms with E-state index >= 15 is 0 Å². The van der Waals surface area contributed by atoms with E-state index in [1.165, 1.54) is 0 Å². The Morgan fingerprint density at radius 2 is 2.21 bits per heavy atom. The lowest BCUT2D eigenvalue weighted by Crippen LogP contribution is -2.20. The molecule has 1 atom stereocenters. The minimum Gasteiger partial charge on any atom is -0.326 e. The van der Waals surface area contributed by atoms with Gasteiger partial charge in [-0.1, -0.05) is 25.5 Å². The smallest absolute Gasteiger partial charge is 0.164 e. The first-order chi connectivity index (χ1) is 6.60. The Balaban J connectivity index is 3.10. The van der Waals surface area contributed by atoms with Gasteiger partial charge in [0.2, 0.25) is 0 Å². The fourth-order valence-electron chi connectivity index (χ4n) is 1.82. The molecule has 0 bridgehead atoms. The highest BCUT2D eigenvalue weighted by molar-refractivity contribution is 5.99. The van der Waals surface area contributed by atoms with E-state index in [2.05, 4.69) is 19.9 Å². The minimum absolute atomic E-state index is 0.211. The average Bonchev–Trinajstić information content (AvgIpc) is 2.15. The van der Waals surface area contributed by atoms with Crippen LogP contribution in [0.2, 0.25) is 0 Å². The predicted molar refractivity (Wildman–Crippen MR) is 58.9 cm³/mol. The molecular weight excluding hydrogens is 174 g/mol. The summed E-state index contributed by atoms with van der Waals surface area (Å²) < 4.78 is 0. The van der Waals surface area contributed by atoms with Crippen molar-refractivity contribution >= 4 is 5.78 Å². The number of ketones is 1. The molecule has 0 saturated carbocycles. The van der Waals surface area contributed by atoms with Crippen molar-refractivity contribution in [2.24, 2.45) is 11.7 Å². The molecule has 2 heteroatoms. The van der Waals surface area contributed by atoms with Crippen molar-refractivity contribution < 1.29 is 4.79 Å². The molecule has 0 aromatic carbocycles. The Hall–Kier alpha value is -0.890. The number of nitrogens with two attached hydrogens (primary N) is 1. The molecule has 78 valence electrons. The first kappa shape index (κ1) is 11.2. The molecule has 2 N–H and O–H groups in total. The van der Waals surface area contributed by atoms with Crippen LogP contribution in [0.1, 0.15) is 33.6 Å². The van der Waals surface area contributed by atoms with Gasteiger partial charge in [0.1, 0.15) is 0 Å². The van der Waals surface area contributed by atoms with Gasteiger partial charge in [0, 0.05) is 18.5 Å². The molecule has 0 radical (unpaired) electrons. The zero-order valence-electron chi connectivity index (χ0n) is 9.26. The van der Waals surface area contributed by atoms with E-state index in [9.17, 15) is 4.79 Å². The van der Waals surface area contributed by atoms with Gasteiger partial charge in [-0.05, 0) is 24.8 Å². The van der Waals surface area contributed by atoms with Crippen molar-refractivity contribution in [3.8, 4) is 0 Å². The summed E-state index contributed by atoms with van der Waals surface area (Å²) in [5, 5.41) is 0. The third-order valence-corrected chi connectivity index (χ3v) is 2.87. The topological polar surface area (TPSA) is 43.1 Å². The molecule has 0 saturated heterocycles. The van der Waals surface area contributed by atoms with Crippen LogP contribution in [-0.2, 0) is 4.79 Å². The summed E-state index contributed by atoms with van der Waals surface area (Å²) in [6.45, 7) is 6.66. The van der Waals surface area contributed by atoms with Crippen LogP contribution in [0.3, 0.4) is 0 Å². The van der Waals surface area contributed by atoms with Gasteiger partial charge in [-0.2, -0.15) is 0 Å². The maximum atomic E-state index is 11.7. The highest BCUT2D eigenvalue weighted by Gasteiger charge is 2.20. The van der Waals surface area contributed by atoms with E-state index in [0.29, 0.717) is 18.9 Å². The molecule has 0 heterocycles. The lowest BCUT2D eigenvalue weighted by molar-refractivity contribution is -0.115. The third-order valence-electron chi connectivity index (χ3n) is 2.87. The van der Waals surface area contributed by atoms with Crippen LogP contribution < -0.4 is 5.73 Å². The molecule has 2 nitrogen and oxygen atoms in total. The predicted octanol–water partition coefficient (Wildman–Crippen LogP) is 2.21. The number of Topliss-reactive ketones (excluding diaryl/α,β-unsaturated/α-hetero) is 1. The Labute approximate surface area is 85.9 Å². The third kappa shape index (κ3) is 2.13. The van der Waals surface area contributed by atoms with Gasteiger partial charge in [0.05, 0.1) is 0 Å². The Morgan fingerprint density at radius 3 is 2.71 bits per heavy atom. The summed E-state index contributed by atoms with van der Waals surface area (Å²) >= 11 is 0. The van der Waals surface area contributed by atoms with Gasteiger partial charge in [-0.3, -0.25) is 4.79 Å². The molecule has 0 spiro atoms. The normalized spacial score (nSPS) is 19.7. The van der Waals surface area contributed by atoms with Gasteiger partial charge >= 0.3 is 0 Å². The summed E-state index contributed by atoms with van der Waals surface area (Å²) in [7, 11) is 0. The fraction of sp³-hybridized carbons (Fsp3) is 0.583. The van der Waals surface area contributed by atoms with Crippen molar-refractivity contribution in [3.05, 3.63) is 22.8 Å². The largest absolute Gasteiger partial charge is 0.326 e. The molecule has 1 rings (SSSR count). The van der Waals surface area contributed by atoms with Gasteiger partial charge in [0.25, 0.3) is 0 Å². The second-order valence-electron chi connectivity index (χ2n) is 4.04. The monoisotopic (exact) mass is 193 g/mol. The summed E-state index contributed by atoms with van der Waals surface area (Å²) in [6, 6.07) is 0. The Kier molecular flexibility index (Phi) is 3.64. The molecule has 0 amide bonds. The van der Waals surface area contributed by atoms with E-state index in [1.54, 1.807) is 0 Å². The number of rotatable bonds is 3. The second kappa shape index (κ2) is 4.56. The number of allylic oxidation sites excluding steroid dienone is 3. The van der Waals surface area contributed by atoms with Gasteiger partial charge in [-0.15, -0.1) is 0 Å². The average molecular weight is 193 g/mol. The quantitative estimate of drug-likeness (QED) is 0.746. The molecule has 1 unspecified atom stereocenters. The Morgan fingerprint density at radius 1 is 1.57 bits per heavy atom. The van der Waals surface area contributed by atoms with Crippen LogP contribution in [0.15, 0.2) is 22.8 Å². The van der Waals surface area contributed by atoms with E-state index in [4.69, 9.17) is 5.73 Å². The molecule has 1 aliphatic rings. The molecule has 0 aromatic heterocycles. The molecule has 14 heavy (non-hydrogen) atoms. The van der Waals surface area contributed by atoms with E-state index in [-0.39, 0.29) is 5.78 Å². The molecular formula is C12H19NO. The van der Waals surface area contributed by atoms with Crippen molar-refractivity contribution in [3.63, 3.8) is 0 Å². The van der Waals surface area contributed by atoms with Gasteiger partial charge in [-0.25, -0.2) is 0 Å². The molecule has 1 aliphatic carbocycles. The summed E-state index contributed by atoms with van der Waals surface area (Å²) in [5.74, 6) is 0.649. The van der Waals surface area contributed by atoms with Crippen LogP contribution in [0.25, 0.3) is 0 Å². The van der Waals surface area contributed by atoms with Crippen LogP contribution in [0, 0.1) is 5.92 Å². The summed E-state index contributed by atoms with van der Waals surface area (Å²) in [6.07, 6.45) is 3.74. The van der Waals surface area contributed by atoms with E-state index in [0.717, 1.165) is 23.1 Å². The van der Waals surface area contributed by atoms with Crippen LogP contribution in [0.5, 0.6) is 0 Å². The van der Waals surface area contributed by atoms with Crippen molar-refractivity contribution in [2.75, 3.05) is 6.54 Å². The first-order valence-corrected chi connectivity index (χ1v) is 5.23. The van der Waals surface area contributed by atoms with Crippen molar-refractivity contribution in [1.82, 2.24) is 0 Å². The molecule has 0 aromatic rings. The van der Waals surface area contributed by atoms with Crippen molar-refractivity contribution in [2.45, 2.75) is 33.6 Å². The highest BCUT2D eigenvalue weighted by atomic mass is 16.1. The van der Waals surface area contributed by atoms with E-state index < -0.39 is 0 Å². The zero-order chi connectivity index (χ0) is 10.7. The molecule has 0 aliphatic heterocycles. The van der Waals surface area contributed by atoms with Crippen LogP contribution >= 0.6 is 0 Å². The lowest BCUT2D eigenvalue weighted by Gasteiger charge is -2.20. The SMILES string of the molecule is CCC(C)C1=C(CN)C(=O)CC(C)=C1. The maximum absolute atomic E-state index is 11.7. The standard InChI is InChI=1S/C12H19NO/c1-4-9(3)10-5-8(2)6-12(14)11(10)7-13/h5,9H,4,6-7,13H2,1-3H3. The number of carbonyl (C=O) groups is 1. The lowest BCUT2D eigenvalue weighted by atomic mass is 9.84. The van der Waals surface area contributed by atoms with Crippen LogP contribution in [0.4, 0.5) is 0 Å². The number of hydrogen-bond donors (Lipinski definition) is 1. The fourth-order valence-corrected chi connectivity index (χ4v) is 1.82. The first-order valence-electron chi connectivity index (χ1n) is 5.23.